The highest BCUT2D eigenvalue weighted by molar-refractivity contribution is 5.85. The third-order valence-electron chi connectivity index (χ3n) is 3.05. The van der Waals surface area contributed by atoms with E-state index in [1.807, 2.05) is 0 Å². The first-order chi connectivity index (χ1) is 10.8. The quantitative estimate of drug-likeness (QED) is 0.796. The molecule has 0 heterocycles. The fourth-order valence-electron chi connectivity index (χ4n) is 2.04. The lowest BCUT2D eigenvalue weighted by molar-refractivity contribution is -0.275. The maximum atomic E-state index is 14.2. The number of alkyl halides is 3. The van der Waals surface area contributed by atoms with Crippen molar-refractivity contribution in [3.8, 4) is 22.6 Å². The van der Waals surface area contributed by atoms with E-state index in [0.717, 1.165) is 6.07 Å². The maximum absolute atomic E-state index is 14.2. The Balaban J connectivity index is 0.00000288. The molecule has 8 heteroatoms. The van der Waals surface area contributed by atoms with E-state index < -0.39 is 17.9 Å². The van der Waals surface area contributed by atoms with Crippen LogP contribution in [0, 0.1) is 12.7 Å². The van der Waals surface area contributed by atoms with Gasteiger partial charge in [0.15, 0.2) is 11.5 Å². The second-order valence-corrected chi connectivity index (χ2v) is 4.78. The van der Waals surface area contributed by atoms with Crippen molar-refractivity contribution in [2.24, 2.45) is 5.73 Å². The van der Waals surface area contributed by atoms with Crippen molar-refractivity contribution in [3.63, 3.8) is 0 Å². The van der Waals surface area contributed by atoms with E-state index in [9.17, 15) is 17.6 Å². The molecular weight excluding hydrogens is 350 g/mol. The number of aryl methyl sites for hydroxylation is 1. The molecule has 2 N–H and O–H groups in total. The highest BCUT2D eigenvalue weighted by Crippen LogP contribution is 2.36. The largest absolute Gasteiger partial charge is 0.573 e. The van der Waals surface area contributed by atoms with Gasteiger partial charge < -0.3 is 15.2 Å². The third-order valence-corrected chi connectivity index (χ3v) is 3.05. The first kappa shape index (κ1) is 20.1. The zero-order chi connectivity index (χ0) is 17.0. The van der Waals surface area contributed by atoms with Gasteiger partial charge in [0.1, 0.15) is 12.4 Å². The Hall–Kier alpha value is -1.99. The number of ether oxygens (including phenoxy) is 2. The molecule has 0 aliphatic heterocycles. The van der Waals surface area contributed by atoms with Crippen molar-refractivity contribution in [3.05, 3.63) is 47.8 Å². The van der Waals surface area contributed by atoms with E-state index in [4.69, 9.17) is 10.5 Å². The second-order valence-electron chi connectivity index (χ2n) is 4.78. The van der Waals surface area contributed by atoms with Gasteiger partial charge in [-0.1, -0.05) is 24.3 Å². The van der Waals surface area contributed by atoms with E-state index in [0.29, 0.717) is 11.1 Å². The van der Waals surface area contributed by atoms with Crippen LogP contribution in [0.3, 0.4) is 0 Å². The summed E-state index contributed by atoms with van der Waals surface area (Å²) in [5.74, 6) is -1.09. The first-order valence-corrected chi connectivity index (χ1v) is 6.80. The minimum Gasteiger partial charge on any atom is -0.488 e. The summed E-state index contributed by atoms with van der Waals surface area (Å²) in [5.41, 5.74) is 6.38. The topological polar surface area (TPSA) is 44.5 Å². The Morgan fingerprint density at radius 1 is 1.08 bits per heavy atom. The Labute approximate surface area is 142 Å². The highest BCUT2D eigenvalue weighted by atomic mass is 35.5. The average molecular weight is 366 g/mol. The van der Waals surface area contributed by atoms with Crippen LogP contribution in [0.15, 0.2) is 36.4 Å². The number of hydrogen-bond acceptors (Lipinski definition) is 3. The molecular formula is C16H16ClF4NO2. The standard InChI is InChI=1S/C16H15F4NO2.ClH/c1-10-3-2-4-12(15(10)17)11-5-6-13(23-16(18,19)20)14(9-11)22-8-7-21;/h2-6,9H,7-8,21H2,1H3;1H. The van der Waals surface area contributed by atoms with Gasteiger partial charge in [0, 0.05) is 12.1 Å². The van der Waals surface area contributed by atoms with Gasteiger partial charge in [0.25, 0.3) is 0 Å². The minimum atomic E-state index is -4.85. The Bertz CT molecular complexity index is 692. The summed E-state index contributed by atoms with van der Waals surface area (Å²) >= 11 is 0. The molecule has 0 aromatic heterocycles. The van der Waals surface area contributed by atoms with Crippen LogP contribution in [0.5, 0.6) is 11.5 Å². The number of hydrogen-bond donors (Lipinski definition) is 1. The normalized spacial score (nSPS) is 10.9. The monoisotopic (exact) mass is 365 g/mol. The third kappa shape index (κ3) is 5.01. The fourth-order valence-corrected chi connectivity index (χ4v) is 2.04. The summed E-state index contributed by atoms with van der Waals surface area (Å²) in [6.45, 7) is 1.73. The number of benzene rings is 2. The van der Waals surface area contributed by atoms with Gasteiger partial charge in [-0.25, -0.2) is 4.39 Å². The predicted molar refractivity (Wildman–Crippen MR) is 85.1 cm³/mol. The Morgan fingerprint density at radius 2 is 1.79 bits per heavy atom. The smallest absolute Gasteiger partial charge is 0.488 e. The van der Waals surface area contributed by atoms with E-state index in [-0.39, 0.29) is 36.9 Å². The predicted octanol–water partition coefficient (Wildman–Crippen LogP) is 4.46. The highest BCUT2D eigenvalue weighted by Gasteiger charge is 2.32. The lowest BCUT2D eigenvalue weighted by atomic mass is 10.0. The zero-order valence-corrected chi connectivity index (χ0v) is 13.5. The summed E-state index contributed by atoms with van der Waals surface area (Å²) in [4.78, 5) is 0. The number of halogens is 5. The second kappa shape index (κ2) is 8.21. The molecule has 0 unspecified atom stereocenters. The molecule has 0 amide bonds. The SMILES string of the molecule is Cc1cccc(-c2ccc(OC(F)(F)F)c(OCCN)c2)c1F.Cl. The number of rotatable bonds is 5. The van der Waals surface area contributed by atoms with Gasteiger partial charge in [-0.2, -0.15) is 0 Å². The van der Waals surface area contributed by atoms with Crippen LogP contribution >= 0.6 is 12.4 Å². The Morgan fingerprint density at radius 3 is 2.42 bits per heavy atom. The molecule has 0 bridgehead atoms. The summed E-state index contributed by atoms with van der Waals surface area (Å²) in [7, 11) is 0. The lowest BCUT2D eigenvalue weighted by Crippen LogP contribution is -2.18. The van der Waals surface area contributed by atoms with Crippen LogP contribution in [-0.2, 0) is 0 Å². The van der Waals surface area contributed by atoms with Gasteiger partial charge in [-0.15, -0.1) is 25.6 Å². The van der Waals surface area contributed by atoms with E-state index in [2.05, 4.69) is 4.74 Å². The van der Waals surface area contributed by atoms with Gasteiger partial charge in [0.05, 0.1) is 0 Å². The molecule has 0 saturated carbocycles. The van der Waals surface area contributed by atoms with Crippen LogP contribution < -0.4 is 15.2 Å². The Kier molecular flexibility index (Phi) is 6.86. The zero-order valence-electron chi connectivity index (χ0n) is 12.7. The van der Waals surface area contributed by atoms with Crippen LogP contribution in [-0.4, -0.2) is 19.5 Å². The van der Waals surface area contributed by atoms with Crippen molar-refractivity contribution in [1.82, 2.24) is 0 Å². The van der Waals surface area contributed by atoms with Gasteiger partial charge in [-0.05, 0) is 30.2 Å². The molecule has 24 heavy (non-hydrogen) atoms. The summed E-state index contributed by atoms with van der Waals surface area (Å²) in [5, 5.41) is 0. The molecule has 3 nitrogen and oxygen atoms in total. The van der Waals surface area contributed by atoms with Crippen LogP contribution in [0.1, 0.15) is 5.56 Å². The molecule has 0 atom stereocenters. The van der Waals surface area contributed by atoms with Crippen LogP contribution in [0.25, 0.3) is 11.1 Å². The van der Waals surface area contributed by atoms with Crippen molar-refractivity contribution in [2.75, 3.05) is 13.2 Å². The summed E-state index contributed by atoms with van der Waals surface area (Å²) < 4.78 is 60.5. The average Bonchev–Trinajstić information content (AvgIpc) is 2.48. The summed E-state index contributed by atoms with van der Waals surface area (Å²) in [6.07, 6.45) is -4.85. The molecule has 2 aromatic carbocycles. The van der Waals surface area contributed by atoms with Gasteiger partial charge in [0.2, 0.25) is 0 Å². The van der Waals surface area contributed by atoms with Crippen molar-refractivity contribution >= 4 is 12.4 Å². The van der Waals surface area contributed by atoms with Gasteiger partial charge >= 0.3 is 6.36 Å². The maximum Gasteiger partial charge on any atom is 0.573 e. The molecule has 2 rings (SSSR count). The van der Waals surface area contributed by atoms with Crippen LogP contribution in [0.2, 0.25) is 0 Å². The van der Waals surface area contributed by atoms with Gasteiger partial charge in [-0.3, -0.25) is 0 Å². The molecule has 2 aromatic rings. The molecule has 0 radical (unpaired) electrons. The summed E-state index contributed by atoms with van der Waals surface area (Å²) in [6, 6.07) is 8.54. The first-order valence-electron chi connectivity index (χ1n) is 6.80. The van der Waals surface area contributed by atoms with E-state index >= 15 is 0 Å². The number of nitrogens with two attached hydrogens (primary N) is 1. The molecule has 0 fully saturated rings. The van der Waals surface area contributed by atoms with Crippen molar-refractivity contribution in [1.29, 1.82) is 0 Å². The van der Waals surface area contributed by atoms with Crippen molar-refractivity contribution in [2.45, 2.75) is 13.3 Å². The minimum absolute atomic E-state index is 0. The van der Waals surface area contributed by atoms with Crippen molar-refractivity contribution < 1.29 is 27.0 Å². The molecule has 132 valence electrons. The molecule has 0 aliphatic rings. The fraction of sp³-hybridized carbons (Fsp3) is 0.250. The van der Waals surface area contributed by atoms with E-state index in [1.165, 1.54) is 18.2 Å². The molecule has 0 aliphatic carbocycles. The van der Waals surface area contributed by atoms with Crippen LogP contribution in [0.4, 0.5) is 17.6 Å². The molecule has 0 saturated heterocycles. The lowest BCUT2D eigenvalue weighted by Gasteiger charge is -2.15. The molecule has 0 spiro atoms. The van der Waals surface area contributed by atoms with E-state index in [1.54, 1.807) is 19.1 Å².